The Kier molecular flexibility index (Phi) is 25.2. The van der Waals surface area contributed by atoms with E-state index in [1.807, 2.05) is 0 Å². The molecule has 0 aromatic heterocycles. The molecule has 3 heteroatoms. The number of carbonyl (C=O) groups is 1. The molecule has 0 aliphatic heterocycles. The lowest BCUT2D eigenvalue weighted by molar-refractivity contribution is -0.151. The van der Waals surface area contributed by atoms with Crippen molar-refractivity contribution in [1.29, 1.82) is 0 Å². The topological polar surface area (TPSA) is 46.5 Å². The molecular formula is C28H56O3. The number of carboxylic acids is 1. The largest absolute Gasteiger partial charge is 0.479 e. The van der Waals surface area contributed by atoms with Gasteiger partial charge in [0.15, 0.2) is 6.10 Å². The molecule has 0 aliphatic rings. The Labute approximate surface area is 195 Å². The average molecular weight is 441 g/mol. The van der Waals surface area contributed by atoms with Gasteiger partial charge in [-0.2, -0.15) is 0 Å². The van der Waals surface area contributed by atoms with Gasteiger partial charge in [0.1, 0.15) is 0 Å². The van der Waals surface area contributed by atoms with E-state index in [4.69, 9.17) is 4.74 Å². The quantitative estimate of drug-likeness (QED) is 0.136. The van der Waals surface area contributed by atoms with Gasteiger partial charge >= 0.3 is 5.97 Å². The van der Waals surface area contributed by atoms with Crippen molar-refractivity contribution in [3.05, 3.63) is 0 Å². The molecule has 1 N–H and O–H groups in total. The minimum absolute atomic E-state index is 0.596. The summed E-state index contributed by atoms with van der Waals surface area (Å²) in [6, 6.07) is 0. The summed E-state index contributed by atoms with van der Waals surface area (Å²) in [5.74, 6) is -0.782. The summed E-state index contributed by atoms with van der Waals surface area (Å²) in [6.45, 7) is 5.13. The summed E-state index contributed by atoms with van der Waals surface area (Å²) in [4.78, 5) is 11.4. The van der Waals surface area contributed by atoms with Crippen LogP contribution in [0.5, 0.6) is 0 Å². The fourth-order valence-corrected chi connectivity index (χ4v) is 4.26. The molecule has 0 saturated heterocycles. The Morgan fingerprint density at radius 2 is 0.871 bits per heavy atom. The van der Waals surface area contributed by atoms with Crippen molar-refractivity contribution >= 4 is 5.97 Å². The van der Waals surface area contributed by atoms with Gasteiger partial charge < -0.3 is 9.84 Å². The van der Waals surface area contributed by atoms with Crippen molar-refractivity contribution in [3.8, 4) is 0 Å². The van der Waals surface area contributed by atoms with E-state index in [9.17, 15) is 9.90 Å². The van der Waals surface area contributed by atoms with Crippen LogP contribution >= 0.6 is 0 Å². The predicted octanol–water partition coefficient (Wildman–Crippen LogP) is 9.47. The maximum atomic E-state index is 11.4. The number of ether oxygens (including phenoxy) is 1. The highest BCUT2D eigenvalue weighted by atomic mass is 16.5. The molecular weight excluding hydrogens is 384 g/mol. The maximum Gasteiger partial charge on any atom is 0.332 e. The number of rotatable bonds is 26. The van der Waals surface area contributed by atoms with Crippen molar-refractivity contribution in [1.82, 2.24) is 0 Å². The van der Waals surface area contributed by atoms with Crippen molar-refractivity contribution in [2.24, 2.45) is 0 Å². The van der Waals surface area contributed by atoms with Crippen LogP contribution in [0.3, 0.4) is 0 Å². The number of carboxylic acid groups (broad SMARTS) is 1. The monoisotopic (exact) mass is 440 g/mol. The second kappa shape index (κ2) is 25.7. The molecule has 0 aromatic rings. The highest BCUT2D eigenvalue weighted by Crippen LogP contribution is 2.15. The van der Waals surface area contributed by atoms with Gasteiger partial charge in [-0.15, -0.1) is 0 Å². The number of hydrogen-bond acceptors (Lipinski definition) is 2. The zero-order valence-corrected chi connectivity index (χ0v) is 21.3. The summed E-state index contributed by atoms with van der Waals surface area (Å²) < 4.78 is 5.68. The molecule has 0 radical (unpaired) electrons. The fourth-order valence-electron chi connectivity index (χ4n) is 4.26. The van der Waals surface area contributed by atoms with Gasteiger partial charge in [-0.1, -0.05) is 149 Å². The molecule has 0 aliphatic carbocycles. The van der Waals surface area contributed by atoms with E-state index in [0.29, 0.717) is 13.0 Å². The normalized spacial score (nSPS) is 12.3. The molecule has 1 atom stereocenters. The minimum Gasteiger partial charge on any atom is -0.479 e. The van der Waals surface area contributed by atoms with Crippen LogP contribution in [0.4, 0.5) is 0 Å². The van der Waals surface area contributed by atoms with E-state index in [-0.39, 0.29) is 0 Å². The summed E-state index contributed by atoms with van der Waals surface area (Å²) in [5.41, 5.74) is 0. The number of hydrogen-bond donors (Lipinski definition) is 1. The molecule has 186 valence electrons. The average Bonchev–Trinajstić information content (AvgIpc) is 2.76. The standard InChI is InChI=1S/C28H56O3/c1-3-5-7-9-11-13-15-16-17-19-21-23-25-27(28(29)30)31-26-24-22-20-18-14-12-10-8-6-4-2/h27H,3-26H2,1-2H3,(H,29,30). The van der Waals surface area contributed by atoms with E-state index in [2.05, 4.69) is 13.8 Å². The van der Waals surface area contributed by atoms with Crippen LogP contribution in [0.25, 0.3) is 0 Å². The lowest BCUT2D eigenvalue weighted by Crippen LogP contribution is -2.24. The van der Waals surface area contributed by atoms with E-state index in [0.717, 1.165) is 19.3 Å². The molecule has 0 spiro atoms. The molecule has 0 rings (SSSR count). The van der Waals surface area contributed by atoms with Gasteiger partial charge in [-0.25, -0.2) is 4.79 Å². The molecule has 0 heterocycles. The Morgan fingerprint density at radius 3 is 1.23 bits per heavy atom. The van der Waals surface area contributed by atoms with Crippen molar-refractivity contribution < 1.29 is 14.6 Å². The summed E-state index contributed by atoms with van der Waals surface area (Å²) in [5, 5.41) is 9.39. The SMILES string of the molecule is CCCCCCCCCCCCCCC(OCCCCCCCCCCCC)C(=O)O. The van der Waals surface area contributed by atoms with Gasteiger partial charge in [0.25, 0.3) is 0 Å². The molecule has 0 saturated carbocycles. The first-order chi connectivity index (χ1) is 15.2. The third-order valence-corrected chi connectivity index (χ3v) is 6.41. The van der Waals surface area contributed by atoms with E-state index < -0.39 is 12.1 Å². The lowest BCUT2D eigenvalue weighted by Gasteiger charge is -2.13. The smallest absolute Gasteiger partial charge is 0.332 e. The Morgan fingerprint density at radius 1 is 0.548 bits per heavy atom. The van der Waals surface area contributed by atoms with Gasteiger partial charge in [-0.05, 0) is 12.8 Å². The van der Waals surface area contributed by atoms with Crippen LogP contribution in [-0.4, -0.2) is 23.8 Å². The first-order valence-corrected chi connectivity index (χ1v) is 14.1. The molecule has 0 amide bonds. The first-order valence-electron chi connectivity index (χ1n) is 14.1. The minimum atomic E-state index is -0.782. The van der Waals surface area contributed by atoms with Crippen LogP contribution in [0, 0.1) is 0 Å². The molecule has 31 heavy (non-hydrogen) atoms. The predicted molar refractivity (Wildman–Crippen MR) is 135 cm³/mol. The molecule has 0 bridgehead atoms. The van der Waals surface area contributed by atoms with Crippen LogP contribution in [-0.2, 0) is 9.53 Å². The number of aliphatic carboxylic acids is 1. The summed E-state index contributed by atoms with van der Waals surface area (Å²) >= 11 is 0. The summed E-state index contributed by atoms with van der Waals surface area (Å²) in [7, 11) is 0. The van der Waals surface area contributed by atoms with Gasteiger partial charge in [-0.3, -0.25) is 0 Å². The first kappa shape index (κ1) is 30.4. The van der Waals surface area contributed by atoms with E-state index in [1.54, 1.807) is 0 Å². The second-order valence-electron chi connectivity index (χ2n) is 9.56. The van der Waals surface area contributed by atoms with Gasteiger partial charge in [0.2, 0.25) is 0 Å². The van der Waals surface area contributed by atoms with Gasteiger partial charge in [0.05, 0.1) is 0 Å². The Balaban J connectivity index is 3.43. The lowest BCUT2D eigenvalue weighted by atomic mass is 10.0. The third-order valence-electron chi connectivity index (χ3n) is 6.41. The second-order valence-corrected chi connectivity index (χ2v) is 9.56. The van der Waals surface area contributed by atoms with Crippen LogP contribution in [0.1, 0.15) is 162 Å². The zero-order valence-electron chi connectivity index (χ0n) is 21.3. The zero-order chi connectivity index (χ0) is 22.8. The van der Waals surface area contributed by atoms with Crippen LogP contribution < -0.4 is 0 Å². The van der Waals surface area contributed by atoms with Crippen molar-refractivity contribution in [3.63, 3.8) is 0 Å². The number of unbranched alkanes of at least 4 members (excludes halogenated alkanes) is 20. The Hall–Kier alpha value is -0.570. The third kappa shape index (κ3) is 23.9. The van der Waals surface area contributed by atoms with Crippen molar-refractivity contribution in [2.75, 3.05) is 6.61 Å². The molecule has 0 fully saturated rings. The van der Waals surface area contributed by atoms with Gasteiger partial charge in [0, 0.05) is 6.61 Å². The maximum absolute atomic E-state index is 11.4. The molecule has 3 nitrogen and oxygen atoms in total. The van der Waals surface area contributed by atoms with Crippen LogP contribution in [0.2, 0.25) is 0 Å². The van der Waals surface area contributed by atoms with Crippen LogP contribution in [0.15, 0.2) is 0 Å². The van der Waals surface area contributed by atoms with E-state index >= 15 is 0 Å². The Bertz CT molecular complexity index is 356. The van der Waals surface area contributed by atoms with Crippen molar-refractivity contribution in [2.45, 2.75) is 168 Å². The highest BCUT2D eigenvalue weighted by Gasteiger charge is 2.17. The molecule has 1 unspecified atom stereocenters. The van der Waals surface area contributed by atoms with E-state index in [1.165, 1.54) is 122 Å². The summed E-state index contributed by atoms with van der Waals surface area (Å²) in [6.07, 6.45) is 28.7. The fraction of sp³-hybridized carbons (Fsp3) is 0.964. The molecule has 0 aromatic carbocycles. The highest BCUT2D eigenvalue weighted by molar-refractivity contribution is 5.72.